The third-order valence-corrected chi connectivity index (χ3v) is 2.70. The van der Waals surface area contributed by atoms with Gasteiger partial charge in [0.25, 0.3) is 0 Å². The Kier molecular flexibility index (Phi) is 4.57. The number of hydrogen-bond donors (Lipinski definition) is 0. The minimum atomic E-state index is -2.23. The SMILES string of the molecule is COC(=O)C(C)(F)c1ccc(OC(C)C)c(Cl)c1. The molecule has 5 heteroatoms. The van der Waals surface area contributed by atoms with Gasteiger partial charge in [-0.3, -0.25) is 0 Å². The zero-order chi connectivity index (χ0) is 13.9. The first kappa shape index (κ1) is 14.8. The van der Waals surface area contributed by atoms with E-state index in [4.69, 9.17) is 16.3 Å². The Hall–Kier alpha value is -1.29. The standard InChI is InChI=1S/C13H16ClFO3/c1-8(2)18-11-6-5-9(7-10(11)14)13(3,15)12(16)17-4/h5-8H,1-4H3. The van der Waals surface area contributed by atoms with Gasteiger partial charge in [0.15, 0.2) is 0 Å². The molecule has 1 aromatic carbocycles. The normalized spacial score (nSPS) is 14.2. The van der Waals surface area contributed by atoms with Crippen molar-refractivity contribution in [3.8, 4) is 5.75 Å². The molecule has 1 unspecified atom stereocenters. The summed E-state index contributed by atoms with van der Waals surface area (Å²) in [4.78, 5) is 11.3. The van der Waals surface area contributed by atoms with Gasteiger partial charge < -0.3 is 9.47 Å². The van der Waals surface area contributed by atoms with Crippen molar-refractivity contribution in [3.05, 3.63) is 28.8 Å². The van der Waals surface area contributed by atoms with Crippen LogP contribution in [0.4, 0.5) is 4.39 Å². The van der Waals surface area contributed by atoms with Crippen LogP contribution in [0.3, 0.4) is 0 Å². The molecule has 0 radical (unpaired) electrons. The van der Waals surface area contributed by atoms with Crippen molar-refractivity contribution in [1.29, 1.82) is 0 Å². The van der Waals surface area contributed by atoms with Crippen LogP contribution in [0.15, 0.2) is 18.2 Å². The summed E-state index contributed by atoms with van der Waals surface area (Å²) in [6, 6.07) is 4.37. The maximum Gasteiger partial charge on any atom is 0.348 e. The average molecular weight is 275 g/mol. The average Bonchev–Trinajstić information content (AvgIpc) is 2.29. The van der Waals surface area contributed by atoms with Gasteiger partial charge in [0, 0.05) is 5.56 Å². The zero-order valence-corrected chi connectivity index (χ0v) is 11.5. The third kappa shape index (κ3) is 3.13. The lowest BCUT2D eigenvalue weighted by molar-refractivity contribution is -0.154. The van der Waals surface area contributed by atoms with Crippen LogP contribution in [0.5, 0.6) is 5.75 Å². The minimum Gasteiger partial charge on any atom is -0.489 e. The highest BCUT2D eigenvalue weighted by atomic mass is 35.5. The van der Waals surface area contributed by atoms with Crippen LogP contribution in [0, 0.1) is 0 Å². The van der Waals surface area contributed by atoms with E-state index in [0.717, 1.165) is 14.0 Å². The number of rotatable bonds is 4. The van der Waals surface area contributed by atoms with E-state index in [2.05, 4.69) is 4.74 Å². The molecular formula is C13H16ClFO3. The van der Waals surface area contributed by atoms with Gasteiger partial charge >= 0.3 is 5.97 Å². The highest BCUT2D eigenvalue weighted by molar-refractivity contribution is 6.32. The summed E-state index contributed by atoms with van der Waals surface area (Å²) in [5, 5.41) is 0.258. The van der Waals surface area contributed by atoms with Gasteiger partial charge in [0.2, 0.25) is 5.67 Å². The smallest absolute Gasteiger partial charge is 0.348 e. The van der Waals surface area contributed by atoms with E-state index in [0.29, 0.717) is 5.75 Å². The fraction of sp³-hybridized carbons (Fsp3) is 0.462. The molecule has 0 aromatic heterocycles. The molecule has 1 aromatic rings. The van der Waals surface area contributed by atoms with Crippen molar-refractivity contribution < 1.29 is 18.7 Å². The molecule has 0 saturated heterocycles. The Balaban J connectivity index is 3.07. The topological polar surface area (TPSA) is 35.5 Å². The fourth-order valence-corrected chi connectivity index (χ4v) is 1.68. The highest BCUT2D eigenvalue weighted by Crippen LogP contribution is 2.33. The van der Waals surface area contributed by atoms with E-state index in [-0.39, 0.29) is 16.7 Å². The molecule has 0 N–H and O–H groups in total. The van der Waals surface area contributed by atoms with Gasteiger partial charge in [-0.1, -0.05) is 17.7 Å². The molecule has 1 atom stereocenters. The van der Waals surface area contributed by atoms with Crippen LogP contribution in [-0.2, 0) is 15.2 Å². The van der Waals surface area contributed by atoms with Crippen molar-refractivity contribution in [3.63, 3.8) is 0 Å². The first-order valence-corrected chi connectivity index (χ1v) is 5.90. The Morgan fingerprint density at radius 1 is 1.44 bits per heavy atom. The molecular weight excluding hydrogens is 259 g/mol. The van der Waals surface area contributed by atoms with E-state index < -0.39 is 11.6 Å². The summed E-state index contributed by atoms with van der Waals surface area (Å²) in [5.74, 6) is -0.507. The summed E-state index contributed by atoms with van der Waals surface area (Å²) in [7, 11) is 1.14. The minimum absolute atomic E-state index is 0.0364. The summed E-state index contributed by atoms with van der Waals surface area (Å²) in [6.07, 6.45) is -0.0364. The first-order valence-electron chi connectivity index (χ1n) is 5.53. The molecule has 100 valence electrons. The molecule has 0 saturated carbocycles. The van der Waals surface area contributed by atoms with Crippen LogP contribution in [0.25, 0.3) is 0 Å². The predicted molar refractivity (Wildman–Crippen MR) is 67.7 cm³/mol. The number of halogens is 2. The van der Waals surface area contributed by atoms with Crippen LogP contribution in [0.1, 0.15) is 26.3 Å². The van der Waals surface area contributed by atoms with Gasteiger partial charge in [0.1, 0.15) is 5.75 Å². The van der Waals surface area contributed by atoms with Gasteiger partial charge in [-0.25, -0.2) is 9.18 Å². The molecule has 0 fully saturated rings. The molecule has 0 aliphatic carbocycles. The number of hydrogen-bond acceptors (Lipinski definition) is 3. The maximum absolute atomic E-state index is 14.2. The second-order valence-corrected chi connectivity index (χ2v) is 4.71. The molecule has 0 aliphatic rings. The van der Waals surface area contributed by atoms with Crippen molar-refractivity contribution in [2.75, 3.05) is 7.11 Å². The van der Waals surface area contributed by atoms with E-state index in [1.165, 1.54) is 12.1 Å². The second-order valence-electron chi connectivity index (χ2n) is 4.31. The van der Waals surface area contributed by atoms with E-state index in [1.807, 2.05) is 13.8 Å². The molecule has 0 bridgehead atoms. The number of methoxy groups -OCH3 is 1. The van der Waals surface area contributed by atoms with Crippen molar-refractivity contribution in [2.45, 2.75) is 32.5 Å². The largest absolute Gasteiger partial charge is 0.489 e. The molecule has 0 amide bonds. The van der Waals surface area contributed by atoms with Gasteiger partial charge in [-0.05, 0) is 32.9 Å². The Morgan fingerprint density at radius 3 is 2.50 bits per heavy atom. The van der Waals surface area contributed by atoms with Crippen molar-refractivity contribution in [2.24, 2.45) is 0 Å². The van der Waals surface area contributed by atoms with Crippen LogP contribution < -0.4 is 4.74 Å². The van der Waals surface area contributed by atoms with E-state index in [1.54, 1.807) is 6.07 Å². The van der Waals surface area contributed by atoms with Gasteiger partial charge in [-0.15, -0.1) is 0 Å². The highest BCUT2D eigenvalue weighted by Gasteiger charge is 2.36. The summed E-state index contributed by atoms with van der Waals surface area (Å²) in [6.45, 7) is 4.85. The number of carbonyl (C=O) groups excluding carboxylic acids is 1. The monoisotopic (exact) mass is 274 g/mol. The molecule has 3 nitrogen and oxygen atoms in total. The van der Waals surface area contributed by atoms with Crippen molar-refractivity contribution >= 4 is 17.6 Å². The summed E-state index contributed by atoms with van der Waals surface area (Å²) >= 11 is 5.98. The molecule has 0 spiro atoms. The molecule has 0 heterocycles. The van der Waals surface area contributed by atoms with Gasteiger partial charge in [-0.2, -0.15) is 0 Å². The lowest BCUT2D eigenvalue weighted by atomic mass is 9.98. The number of carbonyl (C=O) groups is 1. The van der Waals surface area contributed by atoms with Crippen LogP contribution in [-0.4, -0.2) is 19.2 Å². The fourth-order valence-electron chi connectivity index (χ4n) is 1.45. The summed E-state index contributed by atoms with van der Waals surface area (Å²) < 4.78 is 24.1. The Labute approximate surface area is 111 Å². The first-order chi connectivity index (χ1) is 8.28. The van der Waals surface area contributed by atoms with Gasteiger partial charge in [0.05, 0.1) is 18.2 Å². The predicted octanol–water partition coefficient (Wildman–Crippen LogP) is 3.48. The maximum atomic E-state index is 14.2. The number of benzene rings is 1. The van der Waals surface area contributed by atoms with E-state index in [9.17, 15) is 9.18 Å². The quantitative estimate of drug-likeness (QED) is 0.789. The second kappa shape index (κ2) is 5.57. The number of esters is 1. The van der Waals surface area contributed by atoms with E-state index >= 15 is 0 Å². The Bertz CT molecular complexity index is 444. The van der Waals surface area contributed by atoms with Crippen molar-refractivity contribution in [1.82, 2.24) is 0 Å². The lowest BCUT2D eigenvalue weighted by Gasteiger charge is -2.19. The molecule has 18 heavy (non-hydrogen) atoms. The number of ether oxygens (including phenoxy) is 2. The molecule has 1 rings (SSSR count). The van der Waals surface area contributed by atoms with Crippen LogP contribution in [0.2, 0.25) is 5.02 Å². The summed E-state index contributed by atoms with van der Waals surface area (Å²) in [5.41, 5.74) is -2.09. The lowest BCUT2D eigenvalue weighted by Crippen LogP contribution is -2.28. The molecule has 0 aliphatic heterocycles. The zero-order valence-electron chi connectivity index (χ0n) is 10.8. The Morgan fingerprint density at radius 2 is 2.06 bits per heavy atom. The third-order valence-electron chi connectivity index (χ3n) is 2.41. The van der Waals surface area contributed by atoms with Crippen LogP contribution >= 0.6 is 11.6 Å². The number of alkyl halides is 1.